The number of methoxy groups -OCH3 is 1. The van der Waals surface area contributed by atoms with Gasteiger partial charge in [0.1, 0.15) is 5.75 Å². The molecule has 0 aliphatic heterocycles. The fourth-order valence-electron chi connectivity index (χ4n) is 2.98. The first-order chi connectivity index (χ1) is 9.85. The van der Waals surface area contributed by atoms with Crippen molar-refractivity contribution in [3.63, 3.8) is 0 Å². The number of pyridine rings is 1. The molecule has 1 aliphatic rings. The molecule has 0 saturated carbocycles. The third-order valence-electron chi connectivity index (χ3n) is 4.04. The molecule has 3 aromatic rings. The maximum atomic E-state index is 5.30. The van der Waals surface area contributed by atoms with Crippen LogP contribution in [0.5, 0.6) is 5.75 Å². The second-order valence-electron chi connectivity index (χ2n) is 5.21. The fraction of sp³-hybridized carbons (Fsp3) is 0.167. The van der Waals surface area contributed by atoms with Gasteiger partial charge in [-0.05, 0) is 42.2 Å². The molecule has 2 heteroatoms. The van der Waals surface area contributed by atoms with Crippen LogP contribution >= 0.6 is 0 Å². The Bertz CT molecular complexity index is 808. The van der Waals surface area contributed by atoms with E-state index in [2.05, 4.69) is 36.4 Å². The number of hydrogen-bond donors (Lipinski definition) is 0. The summed E-state index contributed by atoms with van der Waals surface area (Å²) >= 11 is 0. The molecule has 20 heavy (non-hydrogen) atoms. The van der Waals surface area contributed by atoms with Crippen LogP contribution < -0.4 is 4.74 Å². The van der Waals surface area contributed by atoms with Gasteiger partial charge in [0.15, 0.2) is 0 Å². The lowest BCUT2D eigenvalue weighted by Crippen LogP contribution is -2.05. The third kappa shape index (κ3) is 1.68. The second-order valence-corrected chi connectivity index (χ2v) is 5.21. The fourth-order valence-corrected chi connectivity index (χ4v) is 2.98. The van der Waals surface area contributed by atoms with Gasteiger partial charge < -0.3 is 4.74 Å². The molecular weight excluding hydrogens is 246 g/mol. The van der Waals surface area contributed by atoms with Gasteiger partial charge >= 0.3 is 0 Å². The molecule has 0 amide bonds. The van der Waals surface area contributed by atoms with Gasteiger partial charge in [-0.25, -0.2) is 4.98 Å². The highest BCUT2D eigenvalue weighted by Crippen LogP contribution is 2.34. The maximum Gasteiger partial charge on any atom is 0.121 e. The first-order valence-corrected chi connectivity index (χ1v) is 6.91. The number of rotatable bonds is 1. The number of benzene rings is 2. The number of aromatic nitrogens is 1. The predicted molar refractivity (Wildman–Crippen MR) is 81.1 cm³/mol. The zero-order valence-corrected chi connectivity index (χ0v) is 11.4. The van der Waals surface area contributed by atoms with E-state index in [1.807, 2.05) is 12.1 Å². The van der Waals surface area contributed by atoms with E-state index >= 15 is 0 Å². The molecule has 0 fully saturated rings. The van der Waals surface area contributed by atoms with Crippen LogP contribution in [0.1, 0.15) is 11.1 Å². The Labute approximate surface area is 118 Å². The van der Waals surface area contributed by atoms with Crippen molar-refractivity contribution >= 4 is 10.9 Å². The van der Waals surface area contributed by atoms with Crippen molar-refractivity contribution in [3.8, 4) is 17.0 Å². The van der Waals surface area contributed by atoms with Crippen LogP contribution in [0.25, 0.3) is 22.2 Å². The lowest BCUT2D eigenvalue weighted by Gasteiger charge is -2.19. The van der Waals surface area contributed by atoms with Crippen molar-refractivity contribution in [2.24, 2.45) is 0 Å². The summed E-state index contributed by atoms with van der Waals surface area (Å²) in [7, 11) is 1.69. The topological polar surface area (TPSA) is 22.1 Å². The first kappa shape index (κ1) is 11.5. The minimum Gasteiger partial charge on any atom is -0.497 e. The average molecular weight is 261 g/mol. The van der Waals surface area contributed by atoms with Crippen LogP contribution in [0.15, 0.2) is 48.5 Å². The normalized spacial score (nSPS) is 12.8. The second kappa shape index (κ2) is 4.34. The SMILES string of the molecule is COc1ccc2cc3c(nc2c1)-c1ccccc1CC3. The van der Waals surface area contributed by atoms with Crippen molar-refractivity contribution in [2.75, 3.05) is 7.11 Å². The number of aryl methyl sites for hydroxylation is 2. The minimum absolute atomic E-state index is 0.856. The van der Waals surface area contributed by atoms with E-state index in [1.165, 1.54) is 22.1 Å². The Morgan fingerprint density at radius 3 is 2.70 bits per heavy atom. The third-order valence-corrected chi connectivity index (χ3v) is 4.04. The summed E-state index contributed by atoms with van der Waals surface area (Å²) < 4.78 is 5.30. The molecule has 1 aromatic heterocycles. The van der Waals surface area contributed by atoms with E-state index in [1.54, 1.807) is 7.11 Å². The summed E-state index contributed by atoms with van der Waals surface area (Å²) in [6.07, 6.45) is 2.17. The molecule has 0 spiro atoms. The molecule has 1 heterocycles. The number of ether oxygens (including phenoxy) is 1. The molecule has 4 rings (SSSR count). The molecule has 1 aliphatic carbocycles. The van der Waals surface area contributed by atoms with Crippen LogP contribution in [0.2, 0.25) is 0 Å². The molecular formula is C18H15NO. The highest BCUT2D eigenvalue weighted by molar-refractivity contribution is 5.85. The van der Waals surface area contributed by atoms with E-state index in [9.17, 15) is 0 Å². The zero-order chi connectivity index (χ0) is 13.5. The molecule has 0 saturated heterocycles. The molecule has 2 nitrogen and oxygen atoms in total. The van der Waals surface area contributed by atoms with Crippen LogP contribution in [-0.2, 0) is 12.8 Å². The van der Waals surface area contributed by atoms with Gasteiger partial charge in [0.05, 0.1) is 18.3 Å². The molecule has 0 radical (unpaired) electrons. The van der Waals surface area contributed by atoms with Crippen molar-refractivity contribution in [1.82, 2.24) is 4.98 Å². The van der Waals surface area contributed by atoms with Crippen LogP contribution in [-0.4, -0.2) is 12.1 Å². The first-order valence-electron chi connectivity index (χ1n) is 6.91. The molecule has 98 valence electrons. The van der Waals surface area contributed by atoms with E-state index in [4.69, 9.17) is 9.72 Å². The summed E-state index contributed by atoms with van der Waals surface area (Å²) in [4.78, 5) is 4.89. The predicted octanol–water partition coefficient (Wildman–Crippen LogP) is 4.01. The zero-order valence-electron chi connectivity index (χ0n) is 11.4. The van der Waals surface area contributed by atoms with Gasteiger partial charge in [0.2, 0.25) is 0 Å². The Morgan fingerprint density at radius 1 is 0.950 bits per heavy atom. The van der Waals surface area contributed by atoms with Crippen molar-refractivity contribution < 1.29 is 4.74 Å². The van der Waals surface area contributed by atoms with Gasteiger partial charge in [0, 0.05) is 17.0 Å². The Hall–Kier alpha value is -2.35. The lowest BCUT2D eigenvalue weighted by molar-refractivity contribution is 0.415. The smallest absolute Gasteiger partial charge is 0.121 e. The van der Waals surface area contributed by atoms with Crippen LogP contribution in [0.4, 0.5) is 0 Å². The van der Waals surface area contributed by atoms with Gasteiger partial charge in [-0.1, -0.05) is 24.3 Å². The summed E-state index contributed by atoms with van der Waals surface area (Å²) in [5.41, 5.74) is 6.15. The molecule has 0 N–H and O–H groups in total. The average Bonchev–Trinajstić information content (AvgIpc) is 2.52. The summed E-state index contributed by atoms with van der Waals surface area (Å²) in [6.45, 7) is 0. The van der Waals surface area contributed by atoms with Crippen molar-refractivity contribution in [2.45, 2.75) is 12.8 Å². The van der Waals surface area contributed by atoms with E-state index in [0.717, 1.165) is 29.8 Å². The summed E-state index contributed by atoms with van der Waals surface area (Å²) in [5.74, 6) is 0.856. The number of nitrogens with zero attached hydrogens (tertiary/aromatic N) is 1. The van der Waals surface area contributed by atoms with E-state index < -0.39 is 0 Å². The standard InChI is InChI=1S/C18H15NO/c1-20-15-9-8-13-10-14-7-6-12-4-2-3-5-16(12)18(14)19-17(13)11-15/h2-5,8-11H,6-7H2,1H3. The highest BCUT2D eigenvalue weighted by atomic mass is 16.5. The van der Waals surface area contributed by atoms with Gasteiger partial charge in [0.25, 0.3) is 0 Å². The Kier molecular flexibility index (Phi) is 2.49. The minimum atomic E-state index is 0.856. The Morgan fingerprint density at radius 2 is 1.80 bits per heavy atom. The maximum absolute atomic E-state index is 5.30. The molecule has 0 atom stereocenters. The summed E-state index contributed by atoms with van der Waals surface area (Å²) in [5, 5.41) is 1.18. The monoisotopic (exact) mass is 261 g/mol. The van der Waals surface area contributed by atoms with E-state index in [0.29, 0.717) is 0 Å². The van der Waals surface area contributed by atoms with Crippen LogP contribution in [0.3, 0.4) is 0 Å². The molecule has 2 aromatic carbocycles. The largest absolute Gasteiger partial charge is 0.497 e. The van der Waals surface area contributed by atoms with Crippen LogP contribution in [0, 0.1) is 0 Å². The lowest BCUT2D eigenvalue weighted by atomic mass is 9.88. The van der Waals surface area contributed by atoms with Crippen molar-refractivity contribution in [1.29, 1.82) is 0 Å². The number of fused-ring (bicyclic) bond motifs is 4. The highest BCUT2D eigenvalue weighted by Gasteiger charge is 2.17. The van der Waals surface area contributed by atoms with Gasteiger partial charge in [-0.2, -0.15) is 0 Å². The van der Waals surface area contributed by atoms with E-state index in [-0.39, 0.29) is 0 Å². The molecule has 0 unspecified atom stereocenters. The number of hydrogen-bond acceptors (Lipinski definition) is 2. The molecule has 0 bridgehead atoms. The summed E-state index contributed by atoms with van der Waals surface area (Å²) in [6, 6.07) is 16.9. The van der Waals surface area contributed by atoms with Gasteiger partial charge in [-0.15, -0.1) is 0 Å². The quantitative estimate of drug-likeness (QED) is 0.660. The van der Waals surface area contributed by atoms with Crippen molar-refractivity contribution in [3.05, 3.63) is 59.7 Å². The Balaban J connectivity index is 1.99. The van der Waals surface area contributed by atoms with Gasteiger partial charge in [-0.3, -0.25) is 0 Å².